The van der Waals surface area contributed by atoms with Crippen LogP contribution in [-0.4, -0.2) is 29.0 Å². The summed E-state index contributed by atoms with van der Waals surface area (Å²) < 4.78 is 0. The Labute approximate surface area is 126 Å². The van der Waals surface area contributed by atoms with Crippen molar-refractivity contribution >= 4 is 17.5 Å². The largest absolute Gasteiger partial charge is 0.369 e. The van der Waals surface area contributed by atoms with Gasteiger partial charge in [-0.15, -0.1) is 0 Å². The van der Waals surface area contributed by atoms with Crippen LogP contribution in [0.25, 0.3) is 0 Å². The summed E-state index contributed by atoms with van der Waals surface area (Å²) in [6.45, 7) is 9.37. The summed E-state index contributed by atoms with van der Waals surface area (Å²) in [7, 11) is 0. The number of hydrogen-bond donors (Lipinski definition) is 4. The van der Waals surface area contributed by atoms with Crippen molar-refractivity contribution in [2.75, 3.05) is 23.8 Å². The molecule has 0 bridgehead atoms. The van der Waals surface area contributed by atoms with E-state index in [0.29, 0.717) is 42.9 Å². The van der Waals surface area contributed by atoms with E-state index < -0.39 is 0 Å². The lowest BCUT2D eigenvalue weighted by Crippen LogP contribution is -2.28. The van der Waals surface area contributed by atoms with Crippen molar-refractivity contribution in [2.45, 2.75) is 40.0 Å². The maximum Gasteiger partial charge on any atom is 0.221 e. The van der Waals surface area contributed by atoms with Crippen molar-refractivity contribution in [1.29, 1.82) is 0 Å². The van der Waals surface area contributed by atoms with Gasteiger partial charge in [-0.1, -0.05) is 27.7 Å². The number of carbonyl (C=O) groups excluding carboxylic acids is 1. The maximum atomic E-state index is 11.6. The Bertz CT molecular complexity index is 461. The van der Waals surface area contributed by atoms with E-state index in [2.05, 4.69) is 39.9 Å². The Morgan fingerprint density at radius 1 is 1.24 bits per heavy atom. The Balaban J connectivity index is 2.51. The summed E-state index contributed by atoms with van der Waals surface area (Å²) in [5.41, 5.74) is 2.52. The monoisotopic (exact) mass is 294 g/mol. The lowest BCUT2D eigenvalue weighted by molar-refractivity contribution is -0.120. The molecule has 1 rings (SSSR count). The lowest BCUT2D eigenvalue weighted by atomic mass is 10.2. The van der Waals surface area contributed by atoms with E-state index in [1.807, 2.05) is 13.8 Å². The van der Waals surface area contributed by atoms with Crippen LogP contribution in [0, 0.1) is 5.92 Å². The topological polar surface area (TPSA) is 105 Å². The number of nitrogens with zero attached hydrogens (tertiary/aromatic N) is 2. The second-order valence-electron chi connectivity index (χ2n) is 5.67. The average molecular weight is 294 g/mol. The van der Waals surface area contributed by atoms with Crippen molar-refractivity contribution in [3.05, 3.63) is 11.9 Å². The highest BCUT2D eigenvalue weighted by molar-refractivity contribution is 5.76. The standard InChI is InChI=1S/C14H26N6O/c1-9(2)8-17-13(21)5-6-16-11-7-12(20-15)19-14(18-11)10(3)4/h7,9-10H,5-6,8,15H2,1-4H3,(H,17,21)(H2,16,18,19,20). The zero-order valence-electron chi connectivity index (χ0n) is 13.2. The number of carbonyl (C=O) groups is 1. The average Bonchev–Trinajstić information content (AvgIpc) is 2.44. The van der Waals surface area contributed by atoms with Crippen LogP contribution < -0.4 is 21.9 Å². The molecule has 21 heavy (non-hydrogen) atoms. The van der Waals surface area contributed by atoms with Crippen LogP contribution in [0.5, 0.6) is 0 Å². The number of amides is 1. The molecule has 0 saturated heterocycles. The Kier molecular flexibility index (Phi) is 6.87. The predicted octanol–water partition coefficient (Wildman–Crippen LogP) is 1.46. The zero-order chi connectivity index (χ0) is 15.8. The van der Waals surface area contributed by atoms with Crippen LogP contribution in [0.4, 0.5) is 11.6 Å². The first-order valence-electron chi connectivity index (χ1n) is 7.28. The number of hydrogen-bond acceptors (Lipinski definition) is 6. The van der Waals surface area contributed by atoms with Gasteiger partial charge in [0.05, 0.1) is 0 Å². The molecular weight excluding hydrogens is 268 g/mol. The van der Waals surface area contributed by atoms with Crippen molar-refractivity contribution < 1.29 is 4.79 Å². The molecule has 7 nitrogen and oxygen atoms in total. The number of anilines is 2. The fourth-order valence-electron chi connectivity index (χ4n) is 1.60. The quantitative estimate of drug-likeness (QED) is 0.427. The normalized spacial score (nSPS) is 10.8. The van der Waals surface area contributed by atoms with Crippen molar-refractivity contribution in [2.24, 2.45) is 11.8 Å². The smallest absolute Gasteiger partial charge is 0.221 e. The van der Waals surface area contributed by atoms with E-state index in [0.717, 1.165) is 0 Å². The lowest BCUT2D eigenvalue weighted by Gasteiger charge is -2.12. The van der Waals surface area contributed by atoms with Crippen LogP contribution >= 0.6 is 0 Å². The van der Waals surface area contributed by atoms with Gasteiger partial charge in [-0.3, -0.25) is 4.79 Å². The van der Waals surface area contributed by atoms with Gasteiger partial charge in [-0.05, 0) is 5.92 Å². The minimum absolute atomic E-state index is 0.0338. The first-order chi connectivity index (χ1) is 9.92. The van der Waals surface area contributed by atoms with E-state index in [9.17, 15) is 4.79 Å². The number of nitrogens with one attached hydrogen (secondary N) is 3. The first kappa shape index (κ1) is 17.2. The number of hydrazine groups is 1. The number of rotatable bonds is 8. The fraction of sp³-hybridized carbons (Fsp3) is 0.643. The van der Waals surface area contributed by atoms with Crippen molar-refractivity contribution in [3.63, 3.8) is 0 Å². The van der Waals surface area contributed by atoms with Gasteiger partial charge in [-0.2, -0.15) is 0 Å². The molecule has 0 atom stereocenters. The number of aromatic nitrogens is 2. The second-order valence-corrected chi connectivity index (χ2v) is 5.67. The maximum absolute atomic E-state index is 11.6. The molecule has 5 N–H and O–H groups in total. The van der Waals surface area contributed by atoms with Crippen LogP contribution in [0.2, 0.25) is 0 Å². The Hall–Kier alpha value is -1.89. The molecule has 0 saturated carbocycles. The summed E-state index contributed by atoms with van der Waals surface area (Å²) >= 11 is 0. The van der Waals surface area contributed by atoms with E-state index >= 15 is 0 Å². The highest BCUT2D eigenvalue weighted by atomic mass is 16.1. The van der Waals surface area contributed by atoms with E-state index in [-0.39, 0.29) is 11.8 Å². The molecule has 1 heterocycles. The van der Waals surface area contributed by atoms with Gasteiger partial charge in [0.2, 0.25) is 5.91 Å². The minimum atomic E-state index is 0.0338. The molecule has 1 aromatic heterocycles. The van der Waals surface area contributed by atoms with Crippen LogP contribution in [0.15, 0.2) is 6.07 Å². The molecule has 0 aliphatic carbocycles. The molecule has 0 aliphatic rings. The number of nitrogens with two attached hydrogens (primary N) is 1. The zero-order valence-corrected chi connectivity index (χ0v) is 13.2. The molecule has 1 aromatic rings. The van der Waals surface area contributed by atoms with Gasteiger partial charge in [0.15, 0.2) is 0 Å². The summed E-state index contributed by atoms with van der Waals surface area (Å²) in [6, 6.07) is 1.72. The minimum Gasteiger partial charge on any atom is -0.369 e. The molecule has 0 radical (unpaired) electrons. The third-order valence-corrected chi connectivity index (χ3v) is 2.77. The van der Waals surface area contributed by atoms with Gasteiger partial charge in [0, 0.05) is 31.5 Å². The molecule has 0 fully saturated rings. The number of nitrogen functional groups attached to an aromatic ring is 1. The third kappa shape index (κ3) is 6.40. The molecule has 0 spiro atoms. The summed E-state index contributed by atoms with van der Waals surface area (Å²) in [5, 5.41) is 6.00. The molecule has 0 aromatic carbocycles. The molecule has 1 amide bonds. The fourth-order valence-corrected chi connectivity index (χ4v) is 1.60. The SMILES string of the molecule is CC(C)CNC(=O)CCNc1cc(NN)nc(C(C)C)n1. The van der Waals surface area contributed by atoms with Crippen LogP contribution in [-0.2, 0) is 4.79 Å². The van der Waals surface area contributed by atoms with Crippen molar-refractivity contribution in [1.82, 2.24) is 15.3 Å². The first-order valence-corrected chi connectivity index (χ1v) is 7.28. The van der Waals surface area contributed by atoms with E-state index in [4.69, 9.17) is 5.84 Å². The second kappa shape index (κ2) is 8.41. The molecule has 0 aliphatic heterocycles. The molecule has 0 unspecified atom stereocenters. The molecule has 7 heteroatoms. The van der Waals surface area contributed by atoms with Gasteiger partial charge >= 0.3 is 0 Å². The van der Waals surface area contributed by atoms with E-state index in [1.54, 1.807) is 6.07 Å². The summed E-state index contributed by atoms with van der Waals surface area (Å²) in [4.78, 5) is 20.3. The molecular formula is C14H26N6O. The molecule has 118 valence electrons. The Morgan fingerprint density at radius 2 is 1.90 bits per heavy atom. The highest BCUT2D eigenvalue weighted by Crippen LogP contribution is 2.16. The summed E-state index contributed by atoms with van der Waals surface area (Å²) in [5.74, 6) is 8.02. The van der Waals surface area contributed by atoms with Crippen LogP contribution in [0.3, 0.4) is 0 Å². The van der Waals surface area contributed by atoms with Gasteiger partial charge in [-0.25, -0.2) is 15.8 Å². The predicted molar refractivity (Wildman–Crippen MR) is 84.9 cm³/mol. The Morgan fingerprint density at radius 3 is 2.48 bits per heavy atom. The third-order valence-electron chi connectivity index (χ3n) is 2.77. The van der Waals surface area contributed by atoms with E-state index in [1.165, 1.54) is 0 Å². The van der Waals surface area contributed by atoms with Gasteiger partial charge < -0.3 is 16.1 Å². The van der Waals surface area contributed by atoms with Gasteiger partial charge in [0.25, 0.3) is 0 Å². The van der Waals surface area contributed by atoms with Gasteiger partial charge in [0.1, 0.15) is 17.5 Å². The highest BCUT2D eigenvalue weighted by Gasteiger charge is 2.08. The van der Waals surface area contributed by atoms with Crippen molar-refractivity contribution in [3.8, 4) is 0 Å². The van der Waals surface area contributed by atoms with Crippen LogP contribution in [0.1, 0.15) is 45.9 Å². The summed E-state index contributed by atoms with van der Waals surface area (Å²) in [6.07, 6.45) is 0.402.